The van der Waals surface area contributed by atoms with Gasteiger partial charge in [-0.15, -0.1) is 0 Å². The summed E-state index contributed by atoms with van der Waals surface area (Å²) >= 11 is 1.66. The molecule has 1 aliphatic rings. The molecule has 3 heterocycles. The lowest BCUT2D eigenvalue weighted by Crippen LogP contribution is -2.41. The SMILES string of the molecule is O=C(NCC1CCN(C(=O)c2cc3ccccc3o2)CC1)c1ccc(-c2ccsc2)cc1. The monoisotopic (exact) mass is 444 g/mol. The molecule has 0 radical (unpaired) electrons. The van der Waals surface area contributed by atoms with Crippen molar-refractivity contribution in [1.29, 1.82) is 0 Å². The summed E-state index contributed by atoms with van der Waals surface area (Å²) in [7, 11) is 0. The third-order valence-corrected chi connectivity index (χ3v) is 6.77. The number of fused-ring (bicyclic) bond motifs is 1. The van der Waals surface area contributed by atoms with Gasteiger partial charge in [-0.2, -0.15) is 11.3 Å². The second kappa shape index (κ2) is 9.01. The van der Waals surface area contributed by atoms with Gasteiger partial charge < -0.3 is 14.6 Å². The van der Waals surface area contributed by atoms with Gasteiger partial charge >= 0.3 is 0 Å². The topological polar surface area (TPSA) is 62.6 Å². The smallest absolute Gasteiger partial charge is 0.289 e. The molecule has 0 unspecified atom stereocenters. The van der Waals surface area contributed by atoms with Crippen LogP contribution in [0.5, 0.6) is 0 Å². The van der Waals surface area contributed by atoms with Crippen LogP contribution in [0.15, 0.2) is 75.8 Å². The first-order chi connectivity index (χ1) is 15.7. The average Bonchev–Trinajstić information content (AvgIpc) is 3.53. The second-order valence-electron chi connectivity index (χ2n) is 8.18. The normalized spacial score (nSPS) is 14.6. The predicted molar refractivity (Wildman–Crippen MR) is 127 cm³/mol. The van der Waals surface area contributed by atoms with Crippen molar-refractivity contribution in [1.82, 2.24) is 10.2 Å². The molecule has 0 aliphatic carbocycles. The summed E-state index contributed by atoms with van der Waals surface area (Å²) in [6, 6.07) is 19.3. The number of carbonyl (C=O) groups is 2. The van der Waals surface area contributed by atoms with Crippen LogP contribution in [0, 0.1) is 5.92 Å². The van der Waals surface area contributed by atoms with Gasteiger partial charge in [0.15, 0.2) is 5.76 Å². The molecule has 162 valence electrons. The Kier molecular flexibility index (Phi) is 5.77. The Morgan fingerprint density at radius 3 is 2.50 bits per heavy atom. The molecule has 2 aromatic heterocycles. The number of furan rings is 1. The minimum atomic E-state index is -0.0607. The maximum atomic E-state index is 12.8. The van der Waals surface area contributed by atoms with Crippen LogP contribution in [0.25, 0.3) is 22.1 Å². The maximum absolute atomic E-state index is 12.8. The van der Waals surface area contributed by atoms with Gasteiger partial charge in [-0.3, -0.25) is 9.59 Å². The minimum absolute atomic E-state index is 0.0531. The molecule has 0 saturated carbocycles. The van der Waals surface area contributed by atoms with Crippen molar-refractivity contribution in [2.24, 2.45) is 5.92 Å². The zero-order valence-electron chi connectivity index (χ0n) is 17.6. The number of amides is 2. The van der Waals surface area contributed by atoms with E-state index in [2.05, 4.69) is 16.8 Å². The van der Waals surface area contributed by atoms with Crippen LogP contribution >= 0.6 is 11.3 Å². The molecule has 2 amide bonds. The molecule has 6 heteroatoms. The quantitative estimate of drug-likeness (QED) is 0.446. The Balaban J connectivity index is 1.11. The Hall–Kier alpha value is -3.38. The Morgan fingerprint density at radius 2 is 1.78 bits per heavy atom. The van der Waals surface area contributed by atoms with Gasteiger partial charge in [-0.05, 0) is 71.0 Å². The van der Waals surface area contributed by atoms with E-state index in [1.165, 1.54) is 5.56 Å². The number of para-hydroxylation sites is 1. The first-order valence-electron chi connectivity index (χ1n) is 10.9. The fraction of sp³-hybridized carbons (Fsp3) is 0.231. The number of thiophene rings is 1. The highest BCUT2D eigenvalue weighted by Gasteiger charge is 2.26. The van der Waals surface area contributed by atoms with Gasteiger partial charge in [0, 0.05) is 30.6 Å². The summed E-state index contributed by atoms with van der Waals surface area (Å²) in [6.45, 7) is 1.97. The third-order valence-electron chi connectivity index (χ3n) is 6.09. The number of likely N-dealkylation sites (tertiary alicyclic amines) is 1. The molecule has 0 atom stereocenters. The highest BCUT2D eigenvalue weighted by Crippen LogP contribution is 2.24. The summed E-state index contributed by atoms with van der Waals surface area (Å²) in [4.78, 5) is 27.2. The fourth-order valence-corrected chi connectivity index (χ4v) is 4.83. The minimum Gasteiger partial charge on any atom is -0.451 e. The molecule has 0 spiro atoms. The van der Waals surface area contributed by atoms with E-state index >= 15 is 0 Å². The third kappa shape index (κ3) is 4.32. The molecule has 1 aliphatic heterocycles. The van der Waals surface area contributed by atoms with Crippen LogP contribution < -0.4 is 5.32 Å². The molecule has 1 saturated heterocycles. The number of piperidine rings is 1. The molecule has 1 N–H and O–H groups in total. The predicted octanol–water partition coefficient (Wildman–Crippen LogP) is 5.44. The van der Waals surface area contributed by atoms with Crippen LogP contribution in [-0.4, -0.2) is 36.3 Å². The van der Waals surface area contributed by atoms with Crippen molar-refractivity contribution in [3.8, 4) is 11.1 Å². The van der Waals surface area contributed by atoms with Crippen molar-refractivity contribution < 1.29 is 14.0 Å². The number of nitrogens with zero attached hydrogens (tertiary/aromatic N) is 1. The summed E-state index contributed by atoms with van der Waals surface area (Å²) in [5.41, 5.74) is 3.69. The number of nitrogens with one attached hydrogen (secondary N) is 1. The van der Waals surface area contributed by atoms with Crippen molar-refractivity contribution in [3.05, 3.63) is 82.7 Å². The molecule has 0 bridgehead atoms. The lowest BCUT2D eigenvalue weighted by atomic mass is 9.96. The standard InChI is InChI=1S/C26H24N2O3S/c29-25(20-7-5-19(6-8-20)22-11-14-32-17-22)27-16-18-9-12-28(13-10-18)26(30)24-15-21-3-1-2-4-23(21)31-24/h1-8,11,14-15,17-18H,9-10,12-13,16H2,(H,27,29). The van der Waals surface area contributed by atoms with Gasteiger partial charge in [0.1, 0.15) is 5.58 Å². The first kappa shape index (κ1) is 20.5. The van der Waals surface area contributed by atoms with Crippen molar-refractivity contribution >= 4 is 34.1 Å². The zero-order valence-corrected chi connectivity index (χ0v) is 18.4. The molecule has 1 fully saturated rings. The van der Waals surface area contributed by atoms with Crippen LogP contribution in [-0.2, 0) is 0 Å². The van der Waals surface area contributed by atoms with Crippen molar-refractivity contribution in [3.63, 3.8) is 0 Å². The van der Waals surface area contributed by atoms with Gasteiger partial charge in [0.25, 0.3) is 11.8 Å². The Bertz CT molecular complexity index is 1190. The summed E-state index contributed by atoms with van der Waals surface area (Å²) in [5, 5.41) is 8.14. The van der Waals surface area contributed by atoms with E-state index in [1.807, 2.05) is 64.9 Å². The van der Waals surface area contributed by atoms with E-state index in [-0.39, 0.29) is 11.8 Å². The molecule has 2 aromatic carbocycles. The summed E-state index contributed by atoms with van der Waals surface area (Å²) in [5.74, 6) is 0.643. The molecule has 32 heavy (non-hydrogen) atoms. The lowest BCUT2D eigenvalue weighted by Gasteiger charge is -2.31. The largest absolute Gasteiger partial charge is 0.451 e. The number of hydrogen-bond donors (Lipinski definition) is 1. The fourth-order valence-electron chi connectivity index (χ4n) is 4.17. The Morgan fingerprint density at radius 1 is 1.00 bits per heavy atom. The number of rotatable bonds is 5. The number of benzene rings is 2. The highest BCUT2D eigenvalue weighted by atomic mass is 32.1. The van der Waals surface area contributed by atoms with E-state index in [0.717, 1.165) is 29.4 Å². The lowest BCUT2D eigenvalue weighted by molar-refractivity contribution is 0.0655. The molecular formula is C26H24N2O3S. The summed E-state index contributed by atoms with van der Waals surface area (Å²) < 4.78 is 5.72. The average molecular weight is 445 g/mol. The van der Waals surface area contributed by atoms with Gasteiger partial charge in [-0.1, -0.05) is 30.3 Å². The van der Waals surface area contributed by atoms with Gasteiger partial charge in [-0.25, -0.2) is 0 Å². The Labute approximate surface area is 190 Å². The molecular weight excluding hydrogens is 420 g/mol. The van der Waals surface area contributed by atoms with Crippen molar-refractivity contribution in [2.45, 2.75) is 12.8 Å². The summed E-state index contributed by atoms with van der Waals surface area (Å²) in [6.07, 6.45) is 1.73. The van der Waals surface area contributed by atoms with E-state index in [0.29, 0.717) is 36.9 Å². The molecule has 5 nitrogen and oxygen atoms in total. The number of carbonyl (C=O) groups excluding carboxylic acids is 2. The molecule has 5 rings (SSSR count). The van der Waals surface area contributed by atoms with E-state index in [4.69, 9.17) is 4.42 Å². The number of hydrogen-bond acceptors (Lipinski definition) is 4. The van der Waals surface area contributed by atoms with Gasteiger partial charge in [0.05, 0.1) is 0 Å². The van der Waals surface area contributed by atoms with Crippen LogP contribution in [0.4, 0.5) is 0 Å². The van der Waals surface area contributed by atoms with E-state index in [1.54, 1.807) is 11.3 Å². The zero-order chi connectivity index (χ0) is 21.9. The second-order valence-corrected chi connectivity index (χ2v) is 8.96. The highest BCUT2D eigenvalue weighted by molar-refractivity contribution is 7.08. The van der Waals surface area contributed by atoms with Crippen molar-refractivity contribution in [2.75, 3.05) is 19.6 Å². The van der Waals surface area contributed by atoms with E-state index < -0.39 is 0 Å². The van der Waals surface area contributed by atoms with Crippen LogP contribution in [0.1, 0.15) is 33.8 Å². The first-order valence-corrected chi connectivity index (χ1v) is 11.8. The van der Waals surface area contributed by atoms with E-state index in [9.17, 15) is 9.59 Å². The van der Waals surface area contributed by atoms with Gasteiger partial charge in [0.2, 0.25) is 0 Å². The maximum Gasteiger partial charge on any atom is 0.289 e. The van der Waals surface area contributed by atoms with Crippen LogP contribution in [0.3, 0.4) is 0 Å². The van der Waals surface area contributed by atoms with Crippen LogP contribution in [0.2, 0.25) is 0 Å². The molecule has 4 aromatic rings.